The monoisotopic (exact) mass is 214 g/mol. The molecule has 1 aromatic heterocycles. The van der Waals surface area contributed by atoms with Gasteiger partial charge in [-0.3, -0.25) is 4.79 Å². The maximum atomic E-state index is 11.6. The van der Waals surface area contributed by atoms with Crippen LogP contribution in [0, 0.1) is 6.92 Å². The molecule has 3 heteroatoms. The predicted octanol–water partition coefficient (Wildman–Crippen LogP) is 2.30. The van der Waals surface area contributed by atoms with Crippen molar-refractivity contribution in [2.75, 3.05) is 5.32 Å². The van der Waals surface area contributed by atoms with E-state index in [0.717, 1.165) is 16.9 Å². The standard InChI is InChI=1S/C13H14N2O/c1-10-7-13(16)11(8-14-10)9-15-12-5-3-2-4-6-12/h2-8,15H,9H2,1H3,(H,14,16). The minimum atomic E-state index is 0.0691. The zero-order chi connectivity index (χ0) is 11.4. The van der Waals surface area contributed by atoms with E-state index >= 15 is 0 Å². The molecule has 2 aromatic rings. The molecule has 0 atom stereocenters. The summed E-state index contributed by atoms with van der Waals surface area (Å²) in [5.41, 5.74) is 2.71. The summed E-state index contributed by atoms with van der Waals surface area (Å²) < 4.78 is 0. The Hall–Kier alpha value is -2.03. The van der Waals surface area contributed by atoms with Crippen LogP contribution in [0.1, 0.15) is 11.3 Å². The SMILES string of the molecule is Cc1cc(=O)c(CNc2ccccc2)c[nH]1. The van der Waals surface area contributed by atoms with Crippen LogP contribution < -0.4 is 10.7 Å². The number of hydrogen-bond donors (Lipinski definition) is 2. The third-order valence-electron chi connectivity index (χ3n) is 2.39. The van der Waals surface area contributed by atoms with Gasteiger partial charge in [0.25, 0.3) is 0 Å². The van der Waals surface area contributed by atoms with Crippen LogP contribution in [0.25, 0.3) is 0 Å². The number of para-hydroxylation sites is 1. The fourth-order valence-corrected chi connectivity index (χ4v) is 1.49. The Morgan fingerprint density at radius 2 is 2.00 bits per heavy atom. The van der Waals surface area contributed by atoms with Gasteiger partial charge in [-0.1, -0.05) is 18.2 Å². The molecule has 0 radical (unpaired) electrons. The van der Waals surface area contributed by atoms with E-state index in [9.17, 15) is 4.79 Å². The van der Waals surface area contributed by atoms with Crippen molar-refractivity contribution in [1.82, 2.24) is 4.98 Å². The molecule has 1 heterocycles. The lowest BCUT2D eigenvalue weighted by Gasteiger charge is -2.05. The van der Waals surface area contributed by atoms with E-state index in [1.165, 1.54) is 0 Å². The van der Waals surface area contributed by atoms with E-state index in [2.05, 4.69) is 10.3 Å². The highest BCUT2D eigenvalue weighted by Gasteiger charge is 1.99. The average molecular weight is 214 g/mol. The van der Waals surface area contributed by atoms with E-state index in [0.29, 0.717) is 6.54 Å². The molecule has 0 saturated carbocycles. The van der Waals surface area contributed by atoms with Crippen LogP contribution in [-0.2, 0) is 6.54 Å². The molecule has 82 valence electrons. The molecule has 0 aliphatic carbocycles. The van der Waals surface area contributed by atoms with Gasteiger partial charge in [-0.05, 0) is 19.1 Å². The normalized spacial score (nSPS) is 10.1. The second-order valence-corrected chi connectivity index (χ2v) is 3.73. The van der Waals surface area contributed by atoms with Gasteiger partial charge in [0, 0.05) is 35.8 Å². The Labute approximate surface area is 94.1 Å². The van der Waals surface area contributed by atoms with Gasteiger partial charge in [-0.2, -0.15) is 0 Å². The first-order chi connectivity index (χ1) is 7.75. The van der Waals surface area contributed by atoms with Crippen LogP contribution >= 0.6 is 0 Å². The molecule has 0 aliphatic rings. The molecule has 2 N–H and O–H groups in total. The summed E-state index contributed by atoms with van der Waals surface area (Å²) in [5, 5.41) is 3.20. The molecular formula is C13H14N2O. The number of benzene rings is 1. The minimum Gasteiger partial charge on any atom is -0.381 e. The maximum absolute atomic E-state index is 11.6. The lowest BCUT2D eigenvalue weighted by atomic mass is 10.2. The average Bonchev–Trinajstić information content (AvgIpc) is 2.29. The number of aromatic amines is 1. The van der Waals surface area contributed by atoms with Crippen LogP contribution in [-0.4, -0.2) is 4.98 Å². The number of anilines is 1. The lowest BCUT2D eigenvalue weighted by molar-refractivity contribution is 1.06. The molecule has 3 nitrogen and oxygen atoms in total. The summed E-state index contributed by atoms with van der Waals surface area (Å²) in [6.45, 7) is 2.41. The molecule has 2 rings (SSSR count). The Morgan fingerprint density at radius 3 is 2.69 bits per heavy atom. The number of pyridine rings is 1. The van der Waals surface area contributed by atoms with Crippen molar-refractivity contribution in [3.63, 3.8) is 0 Å². The number of rotatable bonds is 3. The summed E-state index contributed by atoms with van der Waals surface area (Å²) in [7, 11) is 0. The second kappa shape index (κ2) is 4.66. The third kappa shape index (κ3) is 2.51. The number of hydrogen-bond acceptors (Lipinski definition) is 2. The number of aromatic nitrogens is 1. The van der Waals surface area contributed by atoms with Crippen molar-refractivity contribution in [3.8, 4) is 0 Å². The van der Waals surface area contributed by atoms with E-state index in [4.69, 9.17) is 0 Å². The zero-order valence-corrected chi connectivity index (χ0v) is 9.16. The molecule has 0 amide bonds. The van der Waals surface area contributed by atoms with Gasteiger partial charge in [0.2, 0.25) is 0 Å². The molecule has 0 fully saturated rings. The largest absolute Gasteiger partial charge is 0.381 e. The molecule has 0 aliphatic heterocycles. The third-order valence-corrected chi connectivity index (χ3v) is 2.39. The summed E-state index contributed by atoms with van der Waals surface area (Å²) in [5.74, 6) is 0. The van der Waals surface area contributed by atoms with Crippen molar-refractivity contribution in [2.45, 2.75) is 13.5 Å². The number of H-pyrrole nitrogens is 1. The first kappa shape index (κ1) is 10.5. The topological polar surface area (TPSA) is 44.9 Å². The highest BCUT2D eigenvalue weighted by Crippen LogP contribution is 2.06. The first-order valence-corrected chi connectivity index (χ1v) is 5.23. The maximum Gasteiger partial charge on any atom is 0.186 e. The summed E-state index contributed by atoms with van der Waals surface area (Å²) in [6.07, 6.45) is 1.76. The molecule has 0 bridgehead atoms. The summed E-state index contributed by atoms with van der Waals surface area (Å²) in [4.78, 5) is 14.6. The second-order valence-electron chi connectivity index (χ2n) is 3.73. The predicted molar refractivity (Wildman–Crippen MR) is 65.6 cm³/mol. The quantitative estimate of drug-likeness (QED) is 0.823. The Kier molecular flexibility index (Phi) is 3.05. The van der Waals surface area contributed by atoms with Crippen molar-refractivity contribution < 1.29 is 0 Å². The van der Waals surface area contributed by atoms with Crippen LogP contribution in [0.5, 0.6) is 0 Å². The fraction of sp³-hybridized carbons (Fsp3) is 0.154. The zero-order valence-electron chi connectivity index (χ0n) is 9.16. The van der Waals surface area contributed by atoms with Crippen LogP contribution in [0.3, 0.4) is 0 Å². The van der Waals surface area contributed by atoms with Gasteiger partial charge < -0.3 is 10.3 Å². The van der Waals surface area contributed by atoms with Gasteiger partial charge in [-0.15, -0.1) is 0 Å². The van der Waals surface area contributed by atoms with Gasteiger partial charge in [-0.25, -0.2) is 0 Å². The van der Waals surface area contributed by atoms with Gasteiger partial charge >= 0.3 is 0 Å². The van der Waals surface area contributed by atoms with E-state index in [1.54, 1.807) is 12.3 Å². The Balaban J connectivity index is 2.08. The van der Waals surface area contributed by atoms with Crippen LogP contribution in [0.15, 0.2) is 47.4 Å². The van der Waals surface area contributed by atoms with E-state index in [1.807, 2.05) is 37.3 Å². The molecule has 1 aromatic carbocycles. The van der Waals surface area contributed by atoms with Gasteiger partial charge in [0.15, 0.2) is 5.43 Å². The van der Waals surface area contributed by atoms with E-state index in [-0.39, 0.29) is 5.43 Å². The Morgan fingerprint density at radius 1 is 1.25 bits per heavy atom. The van der Waals surface area contributed by atoms with Crippen LogP contribution in [0.4, 0.5) is 5.69 Å². The molecule has 0 unspecified atom stereocenters. The molecule has 16 heavy (non-hydrogen) atoms. The number of nitrogens with one attached hydrogen (secondary N) is 2. The van der Waals surface area contributed by atoms with Crippen molar-refractivity contribution in [1.29, 1.82) is 0 Å². The first-order valence-electron chi connectivity index (χ1n) is 5.23. The van der Waals surface area contributed by atoms with Crippen molar-refractivity contribution in [3.05, 3.63) is 64.1 Å². The number of aryl methyl sites for hydroxylation is 1. The fourth-order valence-electron chi connectivity index (χ4n) is 1.49. The minimum absolute atomic E-state index is 0.0691. The highest BCUT2D eigenvalue weighted by atomic mass is 16.1. The van der Waals surface area contributed by atoms with Crippen molar-refractivity contribution in [2.24, 2.45) is 0 Å². The molecule has 0 saturated heterocycles. The summed E-state index contributed by atoms with van der Waals surface area (Å²) in [6, 6.07) is 11.4. The van der Waals surface area contributed by atoms with Crippen molar-refractivity contribution >= 4 is 5.69 Å². The highest BCUT2D eigenvalue weighted by molar-refractivity contribution is 5.42. The lowest BCUT2D eigenvalue weighted by Crippen LogP contribution is -2.13. The molecule has 0 spiro atoms. The van der Waals surface area contributed by atoms with E-state index < -0.39 is 0 Å². The van der Waals surface area contributed by atoms with Crippen LogP contribution in [0.2, 0.25) is 0 Å². The Bertz CT molecular complexity index is 517. The molecular weight excluding hydrogens is 200 g/mol. The smallest absolute Gasteiger partial charge is 0.186 e. The van der Waals surface area contributed by atoms with Gasteiger partial charge in [0.1, 0.15) is 0 Å². The van der Waals surface area contributed by atoms with Gasteiger partial charge in [0.05, 0.1) is 0 Å². The summed E-state index contributed by atoms with van der Waals surface area (Å²) >= 11 is 0.